The molecule has 0 saturated heterocycles. The summed E-state index contributed by atoms with van der Waals surface area (Å²) in [6.07, 6.45) is 6.04. The summed E-state index contributed by atoms with van der Waals surface area (Å²) in [5, 5.41) is 9.43. The number of aromatic nitrogens is 2. The SMILES string of the molecule is NC(=O)NCC1CCCC(CNC(=O)C2Cc3ncn(Cc4ccccc4Cl)c3CN2C(=O)Nc2ccccc2)C1. The monoisotopic (exact) mass is 577 g/mol. The van der Waals surface area contributed by atoms with Gasteiger partial charge >= 0.3 is 12.1 Å². The molecule has 41 heavy (non-hydrogen) atoms. The number of anilines is 1. The summed E-state index contributed by atoms with van der Waals surface area (Å²) in [4.78, 5) is 44.5. The molecule has 2 aromatic carbocycles. The van der Waals surface area contributed by atoms with Crippen LogP contribution < -0.4 is 21.7 Å². The molecular formula is C30H36ClN7O3. The molecule has 0 spiro atoms. The molecule has 5 N–H and O–H groups in total. The Labute approximate surface area is 244 Å². The van der Waals surface area contributed by atoms with Crippen LogP contribution in [0.5, 0.6) is 0 Å². The number of halogens is 1. The molecule has 1 saturated carbocycles. The van der Waals surface area contributed by atoms with E-state index in [9.17, 15) is 14.4 Å². The van der Waals surface area contributed by atoms with Crippen molar-refractivity contribution in [3.05, 3.63) is 82.9 Å². The van der Waals surface area contributed by atoms with Crippen molar-refractivity contribution < 1.29 is 14.4 Å². The van der Waals surface area contributed by atoms with Gasteiger partial charge < -0.3 is 31.2 Å². The number of carbonyl (C=O) groups is 3. The first-order valence-electron chi connectivity index (χ1n) is 14.1. The highest BCUT2D eigenvalue weighted by Gasteiger charge is 2.37. The van der Waals surface area contributed by atoms with E-state index in [0.29, 0.717) is 48.6 Å². The number of carbonyl (C=O) groups excluding carboxylic acids is 3. The number of nitrogens with one attached hydrogen (secondary N) is 3. The number of amides is 5. The lowest BCUT2D eigenvalue weighted by molar-refractivity contribution is -0.126. The summed E-state index contributed by atoms with van der Waals surface area (Å²) in [5.74, 6) is 0.440. The van der Waals surface area contributed by atoms with Gasteiger partial charge in [-0.1, -0.05) is 54.4 Å². The number of nitrogens with two attached hydrogens (primary N) is 1. The molecule has 216 valence electrons. The molecule has 0 radical (unpaired) electrons. The van der Waals surface area contributed by atoms with Crippen LogP contribution in [0.1, 0.15) is 42.6 Å². The van der Waals surface area contributed by atoms with Gasteiger partial charge in [0, 0.05) is 30.2 Å². The number of urea groups is 2. The summed E-state index contributed by atoms with van der Waals surface area (Å²) < 4.78 is 2.00. The summed E-state index contributed by atoms with van der Waals surface area (Å²) in [6.45, 7) is 1.82. The zero-order valence-electron chi connectivity index (χ0n) is 22.9. The lowest BCUT2D eigenvalue weighted by Gasteiger charge is -2.35. The summed E-state index contributed by atoms with van der Waals surface area (Å²) in [5.41, 5.74) is 8.53. The van der Waals surface area contributed by atoms with Gasteiger partial charge in [-0.05, 0) is 54.9 Å². The van der Waals surface area contributed by atoms with Gasteiger partial charge in [-0.2, -0.15) is 0 Å². The second kappa shape index (κ2) is 13.1. The first kappa shape index (κ1) is 28.5. The minimum atomic E-state index is -0.703. The fraction of sp³-hybridized carbons (Fsp3) is 0.400. The largest absolute Gasteiger partial charge is 0.354 e. The maximum Gasteiger partial charge on any atom is 0.322 e. The van der Waals surface area contributed by atoms with Crippen LogP contribution in [-0.2, 0) is 24.3 Å². The van der Waals surface area contributed by atoms with Crippen LogP contribution in [0, 0.1) is 11.8 Å². The average Bonchev–Trinajstić information content (AvgIpc) is 3.37. The summed E-state index contributed by atoms with van der Waals surface area (Å²) in [6, 6.07) is 15.3. The number of primary amides is 1. The van der Waals surface area contributed by atoms with Gasteiger partial charge in [0.25, 0.3) is 0 Å². The van der Waals surface area contributed by atoms with Crippen LogP contribution in [0.15, 0.2) is 60.9 Å². The Morgan fingerprint density at radius 3 is 2.41 bits per heavy atom. The highest BCUT2D eigenvalue weighted by Crippen LogP contribution is 2.29. The molecule has 1 aliphatic carbocycles. The molecule has 2 aliphatic rings. The molecule has 3 atom stereocenters. The first-order valence-corrected chi connectivity index (χ1v) is 14.4. The van der Waals surface area contributed by atoms with Gasteiger partial charge in [0.2, 0.25) is 5.91 Å². The molecule has 0 bridgehead atoms. The molecule has 5 rings (SSSR count). The highest BCUT2D eigenvalue weighted by atomic mass is 35.5. The van der Waals surface area contributed by atoms with Gasteiger partial charge in [0.15, 0.2) is 0 Å². The summed E-state index contributed by atoms with van der Waals surface area (Å²) in [7, 11) is 0. The third-order valence-corrected chi connectivity index (χ3v) is 8.39. The maximum atomic E-state index is 13.6. The van der Waals surface area contributed by atoms with E-state index in [1.54, 1.807) is 11.2 Å². The van der Waals surface area contributed by atoms with Gasteiger partial charge in [-0.15, -0.1) is 0 Å². The Morgan fingerprint density at radius 2 is 1.68 bits per heavy atom. The van der Waals surface area contributed by atoms with Gasteiger partial charge in [-0.25, -0.2) is 14.6 Å². The van der Waals surface area contributed by atoms with Crippen LogP contribution in [-0.4, -0.2) is 51.6 Å². The third-order valence-electron chi connectivity index (χ3n) is 8.02. The first-order chi connectivity index (χ1) is 19.9. The number of hydrogen-bond acceptors (Lipinski definition) is 4. The van der Waals surface area contributed by atoms with E-state index in [0.717, 1.165) is 42.6 Å². The number of benzene rings is 2. The van der Waals surface area contributed by atoms with Gasteiger partial charge in [0.05, 0.1) is 30.8 Å². The Hall–Kier alpha value is -4.05. The number of nitrogens with zero attached hydrogens (tertiary/aromatic N) is 3. The second-order valence-corrected chi connectivity index (χ2v) is 11.3. The number of imidazole rings is 1. The maximum absolute atomic E-state index is 13.6. The lowest BCUT2D eigenvalue weighted by Crippen LogP contribution is -2.54. The smallest absolute Gasteiger partial charge is 0.322 e. The molecule has 5 amide bonds. The fourth-order valence-corrected chi connectivity index (χ4v) is 6.05. The zero-order valence-corrected chi connectivity index (χ0v) is 23.6. The fourth-order valence-electron chi connectivity index (χ4n) is 5.86. The van der Waals surface area contributed by atoms with Crippen LogP contribution in [0.3, 0.4) is 0 Å². The number of rotatable bonds is 8. The third kappa shape index (κ3) is 7.18. The predicted molar refractivity (Wildman–Crippen MR) is 157 cm³/mol. The average molecular weight is 578 g/mol. The van der Waals surface area contributed by atoms with Crippen molar-refractivity contribution in [3.8, 4) is 0 Å². The van der Waals surface area contributed by atoms with Crippen LogP contribution in [0.2, 0.25) is 5.02 Å². The van der Waals surface area contributed by atoms with Gasteiger partial charge in [0.1, 0.15) is 6.04 Å². The molecule has 11 heteroatoms. The van der Waals surface area contributed by atoms with E-state index in [2.05, 4.69) is 20.9 Å². The zero-order chi connectivity index (χ0) is 28.8. The van der Waals surface area contributed by atoms with Crippen molar-refractivity contribution in [1.29, 1.82) is 0 Å². The Morgan fingerprint density at radius 1 is 0.976 bits per heavy atom. The number of fused-ring (bicyclic) bond motifs is 1. The topological polar surface area (TPSA) is 134 Å². The minimum absolute atomic E-state index is 0.197. The normalized spacial score (nSPS) is 20.1. The van der Waals surface area contributed by atoms with E-state index in [-0.39, 0.29) is 18.5 Å². The van der Waals surface area contributed by atoms with Crippen molar-refractivity contribution in [3.63, 3.8) is 0 Å². The Kier molecular flexibility index (Phi) is 9.08. The van der Waals surface area contributed by atoms with Crippen molar-refractivity contribution >= 4 is 35.3 Å². The van der Waals surface area contributed by atoms with Crippen molar-refractivity contribution in [2.75, 3.05) is 18.4 Å². The molecular weight excluding hydrogens is 542 g/mol. The van der Waals surface area contributed by atoms with Gasteiger partial charge in [-0.3, -0.25) is 4.79 Å². The molecule has 2 heterocycles. The molecule has 1 fully saturated rings. The standard InChI is InChI=1S/C30H36ClN7O3/c31-24-12-5-4-9-22(24)17-37-19-35-25-14-26(38(18-27(25)37)30(41)36-23-10-2-1-3-11-23)28(39)33-15-20-7-6-8-21(13-20)16-34-29(32)40/h1-5,9-12,19-21,26H,6-8,13-18H2,(H,33,39)(H,36,41)(H3,32,34,40). The number of para-hydroxylation sites is 1. The second-order valence-electron chi connectivity index (χ2n) is 10.9. The van der Waals surface area contributed by atoms with Crippen LogP contribution >= 0.6 is 11.6 Å². The van der Waals surface area contributed by atoms with E-state index >= 15 is 0 Å². The van der Waals surface area contributed by atoms with Crippen LogP contribution in [0.4, 0.5) is 15.3 Å². The van der Waals surface area contributed by atoms with Crippen molar-refractivity contribution in [1.82, 2.24) is 25.1 Å². The van der Waals surface area contributed by atoms with Crippen molar-refractivity contribution in [2.45, 2.75) is 51.2 Å². The Balaban J connectivity index is 1.30. The van der Waals surface area contributed by atoms with E-state index in [1.165, 1.54) is 0 Å². The van der Waals surface area contributed by atoms with E-state index < -0.39 is 12.1 Å². The predicted octanol–water partition coefficient (Wildman–Crippen LogP) is 4.13. The molecule has 3 unspecified atom stereocenters. The van der Waals surface area contributed by atoms with Crippen molar-refractivity contribution in [2.24, 2.45) is 17.6 Å². The molecule has 1 aromatic heterocycles. The summed E-state index contributed by atoms with van der Waals surface area (Å²) >= 11 is 6.41. The lowest BCUT2D eigenvalue weighted by atomic mass is 9.81. The quantitative estimate of drug-likeness (QED) is 0.320. The van der Waals surface area contributed by atoms with E-state index in [1.807, 2.05) is 59.2 Å². The number of hydrogen-bond donors (Lipinski definition) is 4. The highest BCUT2D eigenvalue weighted by molar-refractivity contribution is 6.31. The Bertz CT molecular complexity index is 1380. The van der Waals surface area contributed by atoms with E-state index in [4.69, 9.17) is 17.3 Å². The van der Waals surface area contributed by atoms with Crippen LogP contribution in [0.25, 0.3) is 0 Å². The minimum Gasteiger partial charge on any atom is -0.354 e. The molecule has 1 aliphatic heterocycles. The molecule has 10 nitrogen and oxygen atoms in total. The molecule has 3 aromatic rings.